The maximum atomic E-state index is 9.42. The van der Waals surface area contributed by atoms with Gasteiger partial charge < -0.3 is 15.0 Å². The lowest BCUT2D eigenvalue weighted by Crippen LogP contribution is -2.36. The molecule has 0 saturated carbocycles. The first-order valence-electron chi connectivity index (χ1n) is 6.76. The quantitative estimate of drug-likeness (QED) is 0.798. The summed E-state index contributed by atoms with van der Waals surface area (Å²) in [5, 5.41) is 12.8. The molecule has 19 heavy (non-hydrogen) atoms. The van der Waals surface area contributed by atoms with Gasteiger partial charge in [0.05, 0.1) is 6.61 Å². The highest BCUT2D eigenvalue weighted by Crippen LogP contribution is 2.16. The van der Waals surface area contributed by atoms with Gasteiger partial charge in [-0.2, -0.15) is 0 Å². The molecule has 1 aromatic carbocycles. The normalized spacial score (nSPS) is 12.5. The molecule has 0 aliphatic rings. The molecule has 0 aliphatic carbocycles. The number of aliphatic hydroxyl groups is 1. The molecule has 4 heteroatoms. The average Bonchev–Trinajstić information content (AvgIpc) is 2.92. The molecule has 0 bridgehead atoms. The Labute approximate surface area is 114 Å². The van der Waals surface area contributed by atoms with Crippen LogP contribution in [0.1, 0.15) is 13.3 Å². The van der Waals surface area contributed by atoms with Crippen LogP contribution in [0.2, 0.25) is 0 Å². The molecule has 1 atom stereocenters. The summed E-state index contributed by atoms with van der Waals surface area (Å²) in [7, 11) is 0. The van der Waals surface area contributed by atoms with E-state index in [0.717, 1.165) is 30.9 Å². The molecule has 0 saturated heterocycles. The zero-order valence-electron chi connectivity index (χ0n) is 11.3. The van der Waals surface area contributed by atoms with Gasteiger partial charge in [-0.15, -0.1) is 0 Å². The zero-order chi connectivity index (χ0) is 13.5. The summed E-state index contributed by atoms with van der Waals surface area (Å²) in [6.07, 6.45) is 4.82. The fourth-order valence-electron chi connectivity index (χ4n) is 2.08. The Bertz CT molecular complexity index is 481. The predicted octanol–water partition coefficient (Wildman–Crippen LogP) is 1.91. The zero-order valence-corrected chi connectivity index (χ0v) is 11.3. The van der Waals surface area contributed by atoms with Crippen molar-refractivity contribution < 1.29 is 5.11 Å². The van der Waals surface area contributed by atoms with E-state index >= 15 is 0 Å². The van der Waals surface area contributed by atoms with E-state index in [4.69, 9.17) is 0 Å². The summed E-state index contributed by atoms with van der Waals surface area (Å²) in [6.45, 7) is 3.89. The minimum atomic E-state index is 0.0663. The second kappa shape index (κ2) is 7.07. The third-order valence-corrected chi connectivity index (χ3v) is 3.07. The lowest BCUT2D eigenvalue weighted by Gasteiger charge is -2.18. The monoisotopic (exact) mass is 259 g/mol. The molecule has 2 N–H and O–H groups in total. The minimum absolute atomic E-state index is 0.0663. The number of hydrogen-bond acceptors (Lipinski definition) is 3. The number of rotatable bonds is 7. The molecule has 0 spiro atoms. The van der Waals surface area contributed by atoms with Gasteiger partial charge in [0.1, 0.15) is 5.82 Å². The van der Waals surface area contributed by atoms with Crippen molar-refractivity contribution in [2.24, 2.45) is 0 Å². The van der Waals surface area contributed by atoms with Crippen LogP contribution in [0.5, 0.6) is 0 Å². The summed E-state index contributed by atoms with van der Waals surface area (Å²) < 4.78 is 2.08. The summed E-state index contributed by atoms with van der Waals surface area (Å²) in [5.74, 6) is 0.942. The SMILES string of the molecule is CCCNC(CO)Cn1ccnc1-c1ccccc1. The van der Waals surface area contributed by atoms with E-state index in [1.54, 1.807) is 6.20 Å². The molecule has 0 aliphatic heterocycles. The van der Waals surface area contributed by atoms with Crippen LogP contribution in [0.4, 0.5) is 0 Å². The fourth-order valence-corrected chi connectivity index (χ4v) is 2.08. The molecule has 4 nitrogen and oxygen atoms in total. The molecule has 2 aromatic rings. The van der Waals surface area contributed by atoms with Crippen LogP contribution in [0.3, 0.4) is 0 Å². The Morgan fingerprint density at radius 1 is 1.32 bits per heavy atom. The first-order valence-corrected chi connectivity index (χ1v) is 6.76. The molecular formula is C15H21N3O. The van der Waals surface area contributed by atoms with Gasteiger partial charge in [-0.25, -0.2) is 4.98 Å². The van der Waals surface area contributed by atoms with E-state index in [1.807, 2.05) is 36.5 Å². The Kier molecular flexibility index (Phi) is 5.12. The highest BCUT2D eigenvalue weighted by Gasteiger charge is 2.11. The first kappa shape index (κ1) is 13.8. The topological polar surface area (TPSA) is 50.1 Å². The highest BCUT2D eigenvalue weighted by molar-refractivity contribution is 5.55. The lowest BCUT2D eigenvalue weighted by molar-refractivity contribution is 0.229. The van der Waals surface area contributed by atoms with E-state index in [2.05, 4.69) is 21.8 Å². The average molecular weight is 259 g/mol. The molecule has 102 valence electrons. The van der Waals surface area contributed by atoms with Crippen molar-refractivity contribution in [1.82, 2.24) is 14.9 Å². The summed E-state index contributed by atoms with van der Waals surface area (Å²) >= 11 is 0. The van der Waals surface area contributed by atoms with Gasteiger partial charge in [-0.3, -0.25) is 0 Å². The van der Waals surface area contributed by atoms with Crippen molar-refractivity contribution in [3.8, 4) is 11.4 Å². The number of benzene rings is 1. The van der Waals surface area contributed by atoms with Crippen LogP contribution < -0.4 is 5.32 Å². The number of nitrogens with one attached hydrogen (secondary N) is 1. The van der Waals surface area contributed by atoms with E-state index in [1.165, 1.54) is 0 Å². The maximum absolute atomic E-state index is 9.42. The van der Waals surface area contributed by atoms with Crippen LogP contribution in [0.15, 0.2) is 42.7 Å². The van der Waals surface area contributed by atoms with Crippen molar-refractivity contribution in [3.05, 3.63) is 42.7 Å². The van der Waals surface area contributed by atoms with Crippen molar-refractivity contribution in [1.29, 1.82) is 0 Å². The third-order valence-electron chi connectivity index (χ3n) is 3.07. The summed E-state index contributed by atoms with van der Waals surface area (Å²) in [5.41, 5.74) is 1.10. The van der Waals surface area contributed by atoms with Crippen LogP contribution >= 0.6 is 0 Å². The van der Waals surface area contributed by atoms with Crippen LogP contribution in [-0.4, -0.2) is 33.9 Å². The number of hydrogen-bond donors (Lipinski definition) is 2. The van der Waals surface area contributed by atoms with Gasteiger partial charge >= 0.3 is 0 Å². The van der Waals surface area contributed by atoms with E-state index in [9.17, 15) is 5.11 Å². The minimum Gasteiger partial charge on any atom is -0.395 e. The number of nitrogens with zero attached hydrogens (tertiary/aromatic N) is 2. The van der Waals surface area contributed by atoms with Crippen molar-refractivity contribution in [2.45, 2.75) is 25.9 Å². The maximum Gasteiger partial charge on any atom is 0.139 e. The van der Waals surface area contributed by atoms with Gasteiger partial charge in [0.15, 0.2) is 0 Å². The Balaban J connectivity index is 2.11. The highest BCUT2D eigenvalue weighted by atomic mass is 16.3. The Hall–Kier alpha value is -1.65. The fraction of sp³-hybridized carbons (Fsp3) is 0.400. The number of imidazole rings is 1. The molecule has 1 unspecified atom stereocenters. The Morgan fingerprint density at radius 3 is 2.79 bits per heavy atom. The van der Waals surface area contributed by atoms with Crippen molar-refractivity contribution >= 4 is 0 Å². The summed E-state index contributed by atoms with van der Waals surface area (Å²) in [4.78, 5) is 4.41. The van der Waals surface area contributed by atoms with Gasteiger partial charge in [0.25, 0.3) is 0 Å². The van der Waals surface area contributed by atoms with Crippen LogP contribution in [0, 0.1) is 0 Å². The van der Waals surface area contributed by atoms with E-state index in [0.29, 0.717) is 0 Å². The molecule has 0 amide bonds. The molecule has 1 aromatic heterocycles. The second-order valence-electron chi connectivity index (χ2n) is 4.60. The van der Waals surface area contributed by atoms with Gasteiger partial charge in [-0.05, 0) is 13.0 Å². The van der Waals surface area contributed by atoms with Gasteiger partial charge in [0.2, 0.25) is 0 Å². The van der Waals surface area contributed by atoms with Crippen molar-refractivity contribution in [3.63, 3.8) is 0 Å². The van der Waals surface area contributed by atoms with Crippen LogP contribution in [0.25, 0.3) is 11.4 Å². The Morgan fingerprint density at radius 2 is 2.11 bits per heavy atom. The second-order valence-corrected chi connectivity index (χ2v) is 4.60. The van der Waals surface area contributed by atoms with Gasteiger partial charge in [0, 0.05) is 30.5 Å². The first-order chi connectivity index (χ1) is 9.35. The third kappa shape index (κ3) is 3.66. The molecule has 0 fully saturated rings. The summed E-state index contributed by atoms with van der Waals surface area (Å²) in [6, 6.07) is 10.2. The molecule has 1 heterocycles. The van der Waals surface area contributed by atoms with Gasteiger partial charge in [-0.1, -0.05) is 37.3 Å². The molecule has 0 radical (unpaired) electrons. The number of aromatic nitrogens is 2. The van der Waals surface area contributed by atoms with E-state index in [-0.39, 0.29) is 12.6 Å². The number of aliphatic hydroxyl groups excluding tert-OH is 1. The standard InChI is InChI=1S/C15H21N3O/c1-2-8-16-14(12-19)11-18-10-9-17-15(18)13-6-4-3-5-7-13/h3-7,9-10,14,16,19H,2,8,11-12H2,1H3. The van der Waals surface area contributed by atoms with Crippen LogP contribution in [-0.2, 0) is 6.54 Å². The van der Waals surface area contributed by atoms with E-state index < -0.39 is 0 Å². The molecule has 2 rings (SSSR count). The smallest absolute Gasteiger partial charge is 0.139 e. The lowest BCUT2D eigenvalue weighted by atomic mass is 10.2. The molecular weight excluding hydrogens is 238 g/mol. The largest absolute Gasteiger partial charge is 0.395 e. The van der Waals surface area contributed by atoms with Crippen molar-refractivity contribution in [2.75, 3.05) is 13.2 Å². The predicted molar refractivity (Wildman–Crippen MR) is 76.8 cm³/mol.